The van der Waals surface area contributed by atoms with Crippen molar-refractivity contribution in [1.29, 1.82) is 0 Å². The van der Waals surface area contributed by atoms with Crippen molar-refractivity contribution in [3.8, 4) is 5.75 Å². The van der Waals surface area contributed by atoms with Gasteiger partial charge in [0.25, 0.3) is 0 Å². The number of aliphatic carboxylic acids is 1. The van der Waals surface area contributed by atoms with Crippen LogP contribution in [0, 0.1) is 0 Å². The monoisotopic (exact) mass is 224 g/mol. The Labute approximate surface area is 94.8 Å². The summed E-state index contributed by atoms with van der Waals surface area (Å²) < 4.78 is 10.6. The highest BCUT2D eigenvalue weighted by atomic mass is 16.5. The quantitative estimate of drug-likeness (QED) is 0.803. The van der Waals surface area contributed by atoms with Gasteiger partial charge in [-0.25, -0.2) is 4.79 Å². The molecule has 0 aliphatic heterocycles. The Bertz CT molecular complexity index is 349. The molecule has 1 aromatic carbocycles. The average molecular weight is 224 g/mol. The molecular formula is C12H16O4. The number of rotatable bonds is 6. The molecule has 1 N–H and O–H groups in total. The molecule has 0 saturated heterocycles. The summed E-state index contributed by atoms with van der Waals surface area (Å²) in [6, 6.07) is 7.44. The minimum atomic E-state index is -0.964. The fourth-order valence-corrected chi connectivity index (χ4v) is 1.21. The molecule has 0 amide bonds. The molecule has 1 aromatic rings. The lowest BCUT2D eigenvalue weighted by atomic mass is 10.2. The Morgan fingerprint density at radius 2 is 2.12 bits per heavy atom. The summed E-state index contributed by atoms with van der Waals surface area (Å²) in [6.45, 7) is 4.22. The maximum absolute atomic E-state index is 10.6. The third kappa shape index (κ3) is 3.55. The molecule has 0 heterocycles. The Balaban J connectivity index is 2.62. The van der Waals surface area contributed by atoms with Gasteiger partial charge in [-0.3, -0.25) is 0 Å². The number of benzene rings is 1. The van der Waals surface area contributed by atoms with Gasteiger partial charge in [-0.15, -0.1) is 0 Å². The van der Waals surface area contributed by atoms with Gasteiger partial charge in [0.15, 0.2) is 6.10 Å². The first-order valence-electron chi connectivity index (χ1n) is 5.20. The van der Waals surface area contributed by atoms with Crippen molar-refractivity contribution in [2.24, 2.45) is 0 Å². The van der Waals surface area contributed by atoms with Crippen LogP contribution in [0.4, 0.5) is 0 Å². The van der Waals surface area contributed by atoms with Crippen LogP contribution in [0.15, 0.2) is 24.3 Å². The minimum absolute atomic E-state index is 0.240. The first-order valence-corrected chi connectivity index (χ1v) is 5.20. The average Bonchev–Trinajstić information content (AvgIpc) is 2.27. The molecule has 0 unspecified atom stereocenters. The van der Waals surface area contributed by atoms with Gasteiger partial charge in [0.1, 0.15) is 5.75 Å². The molecule has 88 valence electrons. The lowest BCUT2D eigenvalue weighted by Crippen LogP contribution is -2.19. The van der Waals surface area contributed by atoms with Crippen LogP contribution in [0.1, 0.15) is 19.4 Å². The topological polar surface area (TPSA) is 55.8 Å². The van der Waals surface area contributed by atoms with Crippen molar-refractivity contribution in [2.45, 2.75) is 26.6 Å². The van der Waals surface area contributed by atoms with Gasteiger partial charge in [-0.05, 0) is 19.9 Å². The van der Waals surface area contributed by atoms with E-state index in [9.17, 15) is 4.79 Å². The van der Waals surface area contributed by atoms with E-state index >= 15 is 0 Å². The van der Waals surface area contributed by atoms with E-state index in [4.69, 9.17) is 14.6 Å². The van der Waals surface area contributed by atoms with Crippen molar-refractivity contribution in [1.82, 2.24) is 0 Å². The fraction of sp³-hybridized carbons (Fsp3) is 0.417. The standard InChI is InChI=1S/C12H16O4/c1-3-15-11-7-5-4-6-10(11)8-16-9(2)12(13)14/h4-7,9H,3,8H2,1-2H3,(H,13,14)/t9-/m0/s1. The summed E-state index contributed by atoms with van der Waals surface area (Å²) in [5.74, 6) is -0.225. The number of carboxylic acids is 1. The molecule has 0 fully saturated rings. The van der Waals surface area contributed by atoms with Crippen molar-refractivity contribution in [3.05, 3.63) is 29.8 Å². The number of para-hydroxylation sites is 1. The minimum Gasteiger partial charge on any atom is -0.494 e. The van der Waals surface area contributed by atoms with Crippen molar-refractivity contribution < 1.29 is 19.4 Å². The van der Waals surface area contributed by atoms with E-state index in [1.165, 1.54) is 6.92 Å². The van der Waals surface area contributed by atoms with E-state index in [2.05, 4.69) is 0 Å². The zero-order valence-electron chi connectivity index (χ0n) is 9.47. The summed E-state index contributed by atoms with van der Waals surface area (Å²) in [7, 11) is 0. The highest BCUT2D eigenvalue weighted by Crippen LogP contribution is 2.19. The molecule has 1 atom stereocenters. The van der Waals surface area contributed by atoms with Crippen LogP contribution in [-0.2, 0) is 16.1 Å². The third-order valence-corrected chi connectivity index (χ3v) is 2.11. The Morgan fingerprint density at radius 1 is 1.44 bits per heavy atom. The smallest absolute Gasteiger partial charge is 0.332 e. The molecule has 4 heteroatoms. The van der Waals surface area contributed by atoms with Gasteiger partial charge in [0, 0.05) is 5.56 Å². The second kappa shape index (κ2) is 6.12. The van der Waals surface area contributed by atoms with E-state index in [1.54, 1.807) is 0 Å². The molecule has 0 spiro atoms. The number of carboxylic acid groups (broad SMARTS) is 1. The summed E-state index contributed by atoms with van der Waals surface area (Å²) in [5, 5.41) is 8.68. The van der Waals surface area contributed by atoms with Gasteiger partial charge >= 0.3 is 5.97 Å². The van der Waals surface area contributed by atoms with Crippen molar-refractivity contribution in [2.75, 3.05) is 6.61 Å². The van der Waals surface area contributed by atoms with Gasteiger partial charge in [0.05, 0.1) is 13.2 Å². The fourth-order valence-electron chi connectivity index (χ4n) is 1.21. The maximum atomic E-state index is 10.6. The van der Waals surface area contributed by atoms with Gasteiger partial charge in [0.2, 0.25) is 0 Å². The second-order valence-electron chi connectivity index (χ2n) is 3.33. The molecule has 16 heavy (non-hydrogen) atoms. The second-order valence-corrected chi connectivity index (χ2v) is 3.33. The number of hydrogen-bond donors (Lipinski definition) is 1. The predicted molar refractivity (Wildman–Crippen MR) is 59.5 cm³/mol. The Hall–Kier alpha value is -1.55. The molecule has 0 aliphatic carbocycles. The number of ether oxygens (including phenoxy) is 2. The van der Waals surface area contributed by atoms with Crippen LogP contribution in [0.25, 0.3) is 0 Å². The van der Waals surface area contributed by atoms with Crippen molar-refractivity contribution in [3.63, 3.8) is 0 Å². The van der Waals surface area contributed by atoms with Crippen LogP contribution in [0.2, 0.25) is 0 Å². The third-order valence-electron chi connectivity index (χ3n) is 2.11. The van der Waals surface area contributed by atoms with Crippen LogP contribution in [-0.4, -0.2) is 23.8 Å². The van der Waals surface area contributed by atoms with Crippen molar-refractivity contribution >= 4 is 5.97 Å². The molecule has 0 saturated carbocycles. The Kier molecular flexibility index (Phi) is 4.79. The molecule has 0 aliphatic rings. The summed E-state index contributed by atoms with van der Waals surface area (Å²) in [6.07, 6.45) is -0.810. The zero-order chi connectivity index (χ0) is 12.0. The highest BCUT2D eigenvalue weighted by Gasteiger charge is 2.12. The van der Waals surface area contributed by atoms with Crippen LogP contribution in [0.5, 0.6) is 5.75 Å². The highest BCUT2D eigenvalue weighted by molar-refractivity contribution is 5.71. The van der Waals surface area contributed by atoms with Gasteiger partial charge < -0.3 is 14.6 Å². The van der Waals surface area contributed by atoms with E-state index in [0.717, 1.165) is 11.3 Å². The first-order chi connectivity index (χ1) is 7.65. The predicted octanol–water partition coefficient (Wildman–Crippen LogP) is 2.07. The van der Waals surface area contributed by atoms with Crippen LogP contribution >= 0.6 is 0 Å². The zero-order valence-corrected chi connectivity index (χ0v) is 9.47. The largest absolute Gasteiger partial charge is 0.494 e. The summed E-state index contributed by atoms with van der Waals surface area (Å²) in [4.78, 5) is 10.6. The summed E-state index contributed by atoms with van der Waals surface area (Å²) >= 11 is 0. The van der Waals surface area contributed by atoms with Gasteiger partial charge in [-0.1, -0.05) is 18.2 Å². The first kappa shape index (κ1) is 12.5. The lowest BCUT2D eigenvalue weighted by molar-refractivity contribution is -0.149. The Morgan fingerprint density at radius 3 is 2.75 bits per heavy atom. The number of hydrogen-bond acceptors (Lipinski definition) is 3. The van der Waals surface area contributed by atoms with E-state index in [-0.39, 0.29) is 6.61 Å². The molecule has 4 nitrogen and oxygen atoms in total. The van der Waals surface area contributed by atoms with E-state index in [0.29, 0.717) is 6.61 Å². The van der Waals surface area contributed by atoms with E-state index in [1.807, 2.05) is 31.2 Å². The van der Waals surface area contributed by atoms with E-state index < -0.39 is 12.1 Å². The molecular weight excluding hydrogens is 208 g/mol. The van der Waals surface area contributed by atoms with Gasteiger partial charge in [-0.2, -0.15) is 0 Å². The SMILES string of the molecule is CCOc1ccccc1CO[C@@H](C)C(=O)O. The molecule has 0 radical (unpaired) electrons. The normalized spacial score (nSPS) is 12.1. The van der Waals surface area contributed by atoms with Crippen LogP contribution in [0.3, 0.4) is 0 Å². The number of carbonyl (C=O) groups is 1. The molecule has 1 rings (SSSR count). The maximum Gasteiger partial charge on any atom is 0.332 e. The summed E-state index contributed by atoms with van der Waals surface area (Å²) in [5.41, 5.74) is 0.859. The molecule has 0 aromatic heterocycles. The lowest BCUT2D eigenvalue weighted by Gasteiger charge is -2.12. The molecule has 0 bridgehead atoms. The van der Waals surface area contributed by atoms with Crippen LogP contribution < -0.4 is 4.74 Å².